The Morgan fingerprint density at radius 1 is 1.23 bits per heavy atom. The molecule has 0 amide bonds. The first kappa shape index (κ1) is 18.2. The zero-order valence-electron chi connectivity index (χ0n) is 13.5. The van der Waals surface area contributed by atoms with Crippen molar-refractivity contribution >= 4 is 11.9 Å². The van der Waals surface area contributed by atoms with E-state index in [9.17, 15) is 14.7 Å². The van der Waals surface area contributed by atoms with Crippen LogP contribution in [0.1, 0.15) is 39.2 Å². The molecule has 1 aromatic carbocycles. The van der Waals surface area contributed by atoms with Crippen LogP contribution in [0.4, 0.5) is 0 Å². The van der Waals surface area contributed by atoms with Crippen LogP contribution in [0.25, 0.3) is 0 Å². The number of ether oxygens (including phenoxy) is 1. The summed E-state index contributed by atoms with van der Waals surface area (Å²) in [6.07, 6.45) is 0.655. The standard InChI is InChI=1S/C17H25NO4/c1-17(2,3)11-14(16(20)21)18-10-9-15(19)22-12-13-7-5-4-6-8-13/h4-8,14,18H,9-12H2,1-3H3,(H,20,21). The molecule has 5 heteroatoms. The van der Waals surface area contributed by atoms with E-state index in [0.717, 1.165) is 5.56 Å². The van der Waals surface area contributed by atoms with Gasteiger partial charge >= 0.3 is 11.9 Å². The number of carboxylic acid groups (broad SMARTS) is 1. The Hall–Kier alpha value is -1.88. The van der Waals surface area contributed by atoms with Crippen molar-refractivity contribution in [1.29, 1.82) is 0 Å². The molecule has 0 aliphatic rings. The molecule has 0 saturated carbocycles. The maximum absolute atomic E-state index is 11.6. The molecule has 0 bridgehead atoms. The molecule has 122 valence electrons. The molecule has 1 rings (SSSR count). The molecule has 0 aromatic heterocycles. The van der Waals surface area contributed by atoms with Crippen LogP contribution in [0, 0.1) is 5.41 Å². The summed E-state index contributed by atoms with van der Waals surface area (Å²) < 4.78 is 5.14. The molecular weight excluding hydrogens is 282 g/mol. The monoisotopic (exact) mass is 307 g/mol. The van der Waals surface area contributed by atoms with Crippen molar-refractivity contribution in [3.05, 3.63) is 35.9 Å². The van der Waals surface area contributed by atoms with Gasteiger partial charge in [0.25, 0.3) is 0 Å². The lowest BCUT2D eigenvalue weighted by Gasteiger charge is -2.23. The maximum atomic E-state index is 11.6. The predicted octanol–water partition coefficient (Wildman–Crippen LogP) is 2.60. The molecule has 1 aromatic rings. The van der Waals surface area contributed by atoms with Gasteiger partial charge in [-0.3, -0.25) is 9.59 Å². The Labute approximate surface area is 131 Å². The van der Waals surface area contributed by atoms with Gasteiger partial charge < -0.3 is 15.2 Å². The van der Waals surface area contributed by atoms with Crippen LogP contribution in [0.5, 0.6) is 0 Å². The number of aliphatic carboxylic acids is 1. The van der Waals surface area contributed by atoms with E-state index in [0.29, 0.717) is 13.0 Å². The highest BCUT2D eigenvalue weighted by molar-refractivity contribution is 5.74. The number of carbonyl (C=O) groups is 2. The molecule has 22 heavy (non-hydrogen) atoms. The summed E-state index contributed by atoms with van der Waals surface area (Å²) in [5.74, 6) is -1.23. The molecular formula is C17H25NO4. The van der Waals surface area contributed by atoms with E-state index in [1.165, 1.54) is 0 Å². The number of carboxylic acids is 1. The van der Waals surface area contributed by atoms with Crippen molar-refractivity contribution in [3.63, 3.8) is 0 Å². The summed E-state index contributed by atoms with van der Waals surface area (Å²) in [5, 5.41) is 12.1. The first-order valence-corrected chi connectivity index (χ1v) is 7.44. The van der Waals surface area contributed by atoms with E-state index in [-0.39, 0.29) is 24.4 Å². The Bertz CT molecular complexity index is 479. The summed E-state index contributed by atoms with van der Waals surface area (Å²) in [5.41, 5.74) is 0.837. The van der Waals surface area contributed by atoms with Gasteiger partial charge in [0.15, 0.2) is 0 Å². The molecule has 0 aliphatic carbocycles. The molecule has 1 unspecified atom stereocenters. The number of rotatable bonds is 8. The number of nitrogens with one attached hydrogen (secondary N) is 1. The molecule has 1 atom stereocenters. The molecule has 0 heterocycles. The number of benzene rings is 1. The number of carbonyl (C=O) groups excluding carboxylic acids is 1. The smallest absolute Gasteiger partial charge is 0.320 e. The van der Waals surface area contributed by atoms with Crippen LogP contribution in [-0.2, 0) is 20.9 Å². The van der Waals surface area contributed by atoms with Crippen LogP contribution in [0.2, 0.25) is 0 Å². The second kappa shape index (κ2) is 8.54. The average Bonchev–Trinajstić information content (AvgIpc) is 2.44. The van der Waals surface area contributed by atoms with E-state index >= 15 is 0 Å². The minimum absolute atomic E-state index is 0.0934. The molecule has 0 radical (unpaired) electrons. The van der Waals surface area contributed by atoms with Crippen molar-refractivity contribution in [2.75, 3.05) is 6.54 Å². The summed E-state index contributed by atoms with van der Waals surface area (Å²) >= 11 is 0. The molecule has 0 fully saturated rings. The van der Waals surface area contributed by atoms with Crippen molar-refractivity contribution in [2.24, 2.45) is 5.41 Å². The van der Waals surface area contributed by atoms with Crippen molar-refractivity contribution < 1.29 is 19.4 Å². The topological polar surface area (TPSA) is 75.6 Å². The third-order valence-corrected chi connectivity index (χ3v) is 3.08. The lowest BCUT2D eigenvalue weighted by molar-refractivity contribution is -0.145. The SMILES string of the molecule is CC(C)(C)CC(NCCC(=O)OCc1ccccc1)C(=O)O. The minimum Gasteiger partial charge on any atom is -0.480 e. The normalized spacial score (nSPS) is 12.7. The Balaban J connectivity index is 2.29. The minimum atomic E-state index is -0.896. The van der Waals surface area contributed by atoms with Gasteiger partial charge in [0.2, 0.25) is 0 Å². The summed E-state index contributed by atoms with van der Waals surface area (Å²) in [6.45, 7) is 6.49. The van der Waals surface area contributed by atoms with Gasteiger partial charge in [-0.15, -0.1) is 0 Å². The zero-order valence-corrected chi connectivity index (χ0v) is 13.5. The van der Waals surface area contributed by atoms with Gasteiger partial charge in [-0.25, -0.2) is 0 Å². The van der Waals surface area contributed by atoms with Gasteiger partial charge in [0, 0.05) is 6.54 Å². The number of hydrogen-bond donors (Lipinski definition) is 2. The Kier molecular flexibility index (Phi) is 7.05. The number of hydrogen-bond acceptors (Lipinski definition) is 4. The van der Waals surface area contributed by atoms with Crippen LogP contribution in [-0.4, -0.2) is 29.6 Å². The first-order valence-electron chi connectivity index (χ1n) is 7.44. The van der Waals surface area contributed by atoms with E-state index < -0.39 is 12.0 Å². The zero-order chi connectivity index (χ0) is 16.6. The fourth-order valence-electron chi connectivity index (χ4n) is 2.02. The van der Waals surface area contributed by atoms with Gasteiger partial charge in [-0.2, -0.15) is 0 Å². The third-order valence-electron chi connectivity index (χ3n) is 3.08. The van der Waals surface area contributed by atoms with Crippen LogP contribution in [0.15, 0.2) is 30.3 Å². The molecule has 0 aliphatic heterocycles. The Morgan fingerprint density at radius 2 is 1.86 bits per heavy atom. The first-order chi connectivity index (χ1) is 10.3. The van der Waals surface area contributed by atoms with Crippen LogP contribution < -0.4 is 5.32 Å². The molecule has 2 N–H and O–H groups in total. The highest BCUT2D eigenvalue weighted by Gasteiger charge is 2.24. The fraction of sp³-hybridized carbons (Fsp3) is 0.529. The van der Waals surface area contributed by atoms with Gasteiger partial charge in [-0.1, -0.05) is 51.1 Å². The van der Waals surface area contributed by atoms with Crippen LogP contribution >= 0.6 is 0 Å². The van der Waals surface area contributed by atoms with Gasteiger partial charge in [-0.05, 0) is 17.4 Å². The summed E-state index contributed by atoms with van der Waals surface area (Å²) in [6, 6.07) is 8.78. The van der Waals surface area contributed by atoms with Crippen LogP contribution in [0.3, 0.4) is 0 Å². The van der Waals surface area contributed by atoms with Crippen molar-refractivity contribution in [2.45, 2.75) is 46.3 Å². The second-order valence-corrected chi connectivity index (χ2v) is 6.51. The fourth-order valence-corrected chi connectivity index (χ4v) is 2.02. The van der Waals surface area contributed by atoms with Crippen molar-refractivity contribution in [1.82, 2.24) is 5.32 Å². The van der Waals surface area contributed by atoms with E-state index in [1.54, 1.807) is 0 Å². The predicted molar refractivity (Wildman–Crippen MR) is 84.4 cm³/mol. The highest BCUT2D eigenvalue weighted by atomic mass is 16.5. The molecule has 0 saturated heterocycles. The number of esters is 1. The quantitative estimate of drug-likeness (QED) is 0.722. The van der Waals surface area contributed by atoms with Crippen molar-refractivity contribution in [3.8, 4) is 0 Å². The summed E-state index contributed by atoms with van der Waals surface area (Å²) in [7, 11) is 0. The lowest BCUT2D eigenvalue weighted by atomic mass is 9.88. The maximum Gasteiger partial charge on any atom is 0.320 e. The van der Waals surface area contributed by atoms with Gasteiger partial charge in [0.1, 0.15) is 12.6 Å². The average molecular weight is 307 g/mol. The van der Waals surface area contributed by atoms with Gasteiger partial charge in [0.05, 0.1) is 6.42 Å². The largest absolute Gasteiger partial charge is 0.480 e. The highest BCUT2D eigenvalue weighted by Crippen LogP contribution is 2.20. The third kappa shape index (κ3) is 7.78. The molecule has 5 nitrogen and oxygen atoms in total. The lowest BCUT2D eigenvalue weighted by Crippen LogP contribution is -2.40. The second-order valence-electron chi connectivity index (χ2n) is 6.51. The molecule has 0 spiro atoms. The summed E-state index contributed by atoms with van der Waals surface area (Å²) in [4.78, 5) is 22.8. The van der Waals surface area contributed by atoms with E-state index in [1.807, 2.05) is 51.1 Å². The van der Waals surface area contributed by atoms with E-state index in [2.05, 4.69) is 5.32 Å². The van der Waals surface area contributed by atoms with E-state index in [4.69, 9.17) is 4.74 Å². The Morgan fingerprint density at radius 3 is 2.41 bits per heavy atom.